The van der Waals surface area contributed by atoms with E-state index in [0.717, 1.165) is 37.6 Å². The Kier molecular flexibility index (Phi) is 9.43. The number of carbonyl (C=O) groups excluding carboxylic acids is 1. The van der Waals surface area contributed by atoms with Crippen LogP contribution in [0, 0.1) is 5.92 Å². The van der Waals surface area contributed by atoms with Crippen molar-refractivity contribution >= 4 is 35.8 Å². The highest BCUT2D eigenvalue weighted by atomic mass is 127. The van der Waals surface area contributed by atoms with Crippen molar-refractivity contribution in [1.29, 1.82) is 0 Å². The molecule has 1 aliphatic heterocycles. The van der Waals surface area contributed by atoms with Gasteiger partial charge in [0.05, 0.1) is 12.7 Å². The van der Waals surface area contributed by atoms with Crippen molar-refractivity contribution in [1.82, 2.24) is 15.2 Å². The summed E-state index contributed by atoms with van der Waals surface area (Å²) in [5.41, 5.74) is 5.31. The van der Waals surface area contributed by atoms with Crippen molar-refractivity contribution in [2.45, 2.75) is 19.3 Å². The summed E-state index contributed by atoms with van der Waals surface area (Å²) in [4.78, 5) is 21.6. The maximum atomic E-state index is 11.1. The molecule has 0 aliphatic carbocycles. The van der Waals surface area contributed by atoms with E-state index in [2.05, 4.69) is 20.2 Å². The van der Waals surface area contributed by atoms with Gasteiger partial charge in [0.2, 0.25) is 5.91 Å². The molecule has 24 heavy (non-hydrogen) atoms. The number of hydrogen-bond acceptors (Lipinski definition) is 4. The van der Waals surface area contributed by atoms with Gasteiger partial charge >= 0.3 is 0 Å². The summed E-state index contributed by atoms with van der Waals surface area (Å²) >= 11 is 0. The third kappa shape index (κ3) is 6.90. The Balaban J connectivity index is 0.00000288. The van der Waals surface area contributed by atoms with Gasteiger partial charge in [-0.2, -0.15) is 0 Å². The zero-order chi connectivity index (χ0) is 16.5. The molecule has 1 unspecified atom stereocenters. The van der Waals surface area contributed by atoms with Crippen molar-refractivity contribution in [3.05, 3.63) is 24.5 Å². The number of halogens is 1. The van der Waals surface area contributed by atoms with Crippen LogP contribution in [0.15, 0.2) is 29.5 Å². The fourth-order valence-electron chi connectivity index (χ4n) is 2.81. The monoisotopic (exact) mass is 447 g/mol. The number of hydrogen-bond donors (Lipinski definition) is 2. The number of likely N-dealkylation sites (tertiary alicyclic amines) is 1. The Hall–Kier alpha value is -1.58. The largest absolute Gasteiger partial charge is 0.490 e. The second kappa shape index (κ2) is 11.1. The number of guanidine groups is 1. The van der Waals surface area contributed by atoms with Gasteiger partial charge in [-0.1, -0.05) is 0 Å². The van der Waals surface area contributed by atoms with E-state index in [1.54, 1.807) is 19.4 Å². The molecule has 3 N–H and O–H groups in total. The Morgan fingerprint density at radius 2 is 2.42 bits per heavy atom. The van der Waals surface area contributed by atoms with E-state index < -0.39 is 0 Å². The van der Waals surface area contributed by atoms with E-state index >= 15 is 0 Å². The maximum absolute atomic E-state index is 11.1. The molecule has 1 atom stereocenters. The predicted octanol–water partition coefficient (Wildman–Crippen LogP) is 1.24. The molecule has 0 saturated carbocycles. The molecule has 7 nitrogen and oxygen atoms in total. The fourth-order valence-corrected chi connectivity index (χ4v) is 2.81. The standard InChI is InChI=1S/C16H25N5O2.HI/c1-18-16(20-7-9-23-14-5-2-6-19-11-14)21-8-3-4-13(12-21)10-15(17)22;/h2,5-6,11,13H,3-4,7-10,12H2,1H3,(H2,17,22)(H,18,20);1H. The summed E-state index contributed by atoms with van der Waals surface area (Å²) in [6, 6.07) is 3.72. The number of nitrogens with two attached hydrogens (primary N) is 1. The number of amides is 1. The summed E-state index contributed by atoms with van der Waals surface area (Å²) in [7, 11) is 1.77. The molecular formula is C16H26IN5O2. The highest BCUT2D eigenvalue weighted by Crippen LogP contribution is 2.19. The number of rotatable bonds is 6. The van der Waals surface area contributed by atoms with Gasteiger partial charge in [0.1, 0.15) is 12.4 Å². The first-order valence-electron chi connectivity index (χ1n) is 7.95. The topological polar surface area (TPSA) is 92.8 Å². The second-order valence-electron chi connectivity index (χ2n) is 5.64. The summed E-state index contributed by atoms with van der Waals surface area (Å²) in [6.45, 7) is 2.94. The predicted molar refractivity (Wildman–Crippen MR) is 105 cm³/mol. The number of ether oxygens (including phenoxy) is 1. The van der Waals surface area contributed by atoms with Crippen LogP contribution in [0.5, 0.6) is 5.75 Å². The van der Waals surface area contributed by atoms with E-state index in [-0.39, 0.29) is 29.9 Å². The Morgan fingerprint density at radius 1 is 1.58 bits per heavy atom. The first-order chi connectivity index (χ1) is 11.2. The molecule has 1 aromatic heterocycles. The number of pyridine rings is 1. The van der Waals surface area contributed by atoms with Crippen LogP contribution in [-0.4, -0.2) is 55.0 Å². The van der Waals surface area contributed by atoms with Crippen molar-refractivity contribution in [2.24, 2.45) is 16.6 Å². The van der Waals surface area contributed by atoms with E-state index in [1.165, 1.54) is 0 Å². The number of aliphatic imine (C=N–C) groups is 1. The number of primary amides is 1. The van der Waals surface area contributed by atoms with Crippen LogP contribution in [0.4, 0.5) is 0 Å². The minimum Gasteiger partial charge on any atom is -0.490 e. The molecule has 1 saturated heterocycles. The molecule has 1 amide bonds. The van der Waals surface area contributed by atoms with Gasteiger partial charge in [0.15, 0.2) is 5.96 Å². The quantitative estimate of drug-likeness (QED) is 0.296. The molecule has 1 aromatic rings. The Labute approximate surface area is 160 Å². The van der Waals surface area contributed by atoms with Gasteiger partial charge in [-0.25, -0.2) is 0 Å². The lowest BCUT2D eigenvalue weighted by Gasteiger charge is -2.34. The molecular weight excluding hydrogens is 421 g/mol. The van der Waals surface area contributed by atoms with E-state index in [4.69, 9.17) is 10.5 Å². The van der Waals surface area contributed by atoms with Crippen molar-refractivity contribution in [3.8, 4) is 5.75 Å². The van der Waals surface area contributed by atoms with Crippen LogP contribution in [0.1, 0.15) is 19.3 Å². The highest BCUT2D eigenvalue weighted by molar-refractivity contribution is 14.0. The summed E-state index contributed by atoms with van der Waals surface area (Å²) in [5.74, 6) is 1.67. The minimum atomic E-state index is -0.232. The van der Waals surface area contributed by atoms with Crippen molar-refractivity contribution in [3.63, 3.8) is 0 Å². The summed E-state index contributed by atoms with van der Waals surface area (Å²) in [5, 5.41) is 3.30. The SMILES string of the molecule is CN=C(NCCOc1cccnc1)N1CCCC(CC(N)=O)C1.I. The van der Waals surface area contributed by atoms with Gasteiger partial charge < -0.3 is 20.7 Å². The van der Waals surface area contributed by atoms with Gasteiger partial charge in [-0.05, 0) is 30.9 Å². The Morgan fingerprint density at radius 3 is 3.08 bits per heavy atom. The molecule has 0 spiro atoms. The van der Waals surface area contributed by atoms with Crippen LogP contribution < -0.4 is 15.8 Å². The number of aromatic nitrogens is 1. The number of nitrogens with zero attached hydrogens (tertiary/aromatic N) is 3. The highest BCUT2D eigenvalue weighted by Gasteiger charge is 2.23. The smallest absolute Gasteiger partial charge is 0.217 e. The lowest BCUT2D eigenvalue weighted by molar-refractivity contribution is -0.119. The van der Waals surface area contributed by atoms with Gasteiger partial charge in [-0.3, -0.25) is 14.8 Å². The molecule has 8 heteroatoms. The third-order valence-corrected chi connectivity index (χ3v) is 3.81. The van der Waals surface area contributed by atoms with Crippen LogP contribution in [0.2, 0.25) is 0 Å². The average Bonchev–Trinajstić information content (AvgIpc) is 2.55. The number of piperidine rings is 1. The first kappa shape index (κ1) is 20.5. The molecule has 1 fully saturated rings. The van der Waals surface area contributed by atoms with Crippen LogP contribution in [0.3, 0.4) is 0 Å². The van der Waals surface area contributed by atoms with Gasteiger partial charge in [0, 0.05) is 32.8 Å². The first-order valence-corrected chi connectivity index (χ1v) is 7.95. The fraction of sp³-hybridized carbons (Fsp3) is 0.562. The molecule has 2 rings (SSSR count). The minimum absolute atomic E-state index is 0. The summed E-state index contributed by atoms with van der Waals surface area (Å²) < 4.78 is 5.60. The molecule has 0 radical (unpaired) electrons. The van der Waals surface area contributed by atoms with E-state index in [1.807, 2.05) is 12.1 Å². The van der Waals surface area contributed by atoms with Gasteiger partial charge in [0.25, 0.3) is 0 Å². The zero-order valence-corrected chi connectivity index (χ0v) is 16.3. The van der Waals surface area contributed by atoms with Crippen LogP contribution in [0.25, 0.3) is 0 Å². The van der Waals surface area contributed by atoms with Crippen LogP contribution >= 0.6 is 24.0 Å². The molecule has 0 aromatic carbocycles. The van der Waals surface area contributed by atoms with Gasteiger partial charge in [-0.15, -0.1) is 24.0 Å². The van der Waals surface area contributed by atoms with Crippen LogP contribution in [-0.2, 0) is 4.79 Å². The van der Waals surface area contributed by atoms with Crippen molar-refractivity contribution in [2.75, 3.05) is 33.3 Å². The average molecular weight is 447 g/mol. The molecule has 134 valence electrons. The third-order valence-electron chi connectivity index (χ3n) is 3.81. The van der Waals surface area contributed by atoms with Crippen molar-refractivity contribution < 1.29 is 9.53 Å². The van der Waals surface area contributed by atoms with E-state index in [9.17, 15) is 4.79 Å². The molecule has 0 bridgehead atoms. The number of nitrogens with one attached hydrogen (secondary N) is 1. The summed E-state index contributed by atoms with van der Waals surface area (Å²) in [6.07, 6.45) is 5.93. The lowest BCUT2D eigenvalue weighted by Crippen LogP contribution is -2.48. The second-order valence-corrected chi connectivity index (χ2v) is 5.64. The molecule has 1 aliphatic rings. The molecule has 2 heterocycles. The maximum Gasteiger partial charge on any atom is 0.217 e. The number of carbonyl (C=O) groups is 1. The van der Waals surface area contributed by atoms with E-state index in [0.29, 0.717) is 25.5 Å². The Bertz CT molecular complexity index is 526. The lowest BCUT2D eigenvalue weighted by atomic mass is 9.95. The normalized spacial score (nSPS) is 17.8. The zero-order valence-electron chi connectivity index (χ0n) is 14.0.